The lowest BCUT2D eigenvalue weighted by Crippen LogP contribution is -2.18. The van der Waals surface area contributed by atoms with E-state index in [1.807, 2.05) is 18.2 Å². The molecule has 2 aromatic carbocycles. The number of nitrogens with zero attached hydrogens (tertiary/aromatic N) is 1. The van der Waals surface area contributed by atoms with Crippen LogP contribution in [-0.4, -0.2) is 22.9 Å². The fraction of sp³-hybridized carbons (Fsp3) is 0.0417. The normalized spacial score (nSPS) is 11.1. The number of aromatic nitrogens is 2. The minimum Gasteiger partial charge on any atom is -0.497 e. The average molecular weight is 417 g/mol. The summed E-state index contributed by atoms with van der Waals surface area (Å²) >= 11 is 6.22. The predicted molar refractivity (Wildman–Crippen MR) is 119 cm³/mol. The standard InChI is InChI=1S/C24H17ClN2O3/c1-30-18-9-5-15(6-10-18)22-19-14-16(25)7-11-20(19)27-24(29)23(22)21(28)12-8-17-4-2-3-13-26-17/h2-14H,1H3,(H,27,29)/b12-8+. The molecule has 4 rings (SSSR count). The smallest absolute Gasteiger partial charge is 0.260 e. The molecule has 0 fully saturated rings. The summed E-state index contributed by atoms with van der Waals surface area (Å²) < 4.78 is 5.23. The Bertz CT molecular complexity index is 1310. The number of ketones is 1. The maximum Gasteiger partial charge on any atom is 0.260 e. The molecule has 0 unspecified atom stereocenters. The monoisotopic (exact) mass is 416 g/mol. The number of hydrogen-bond donors (Lipinski definition) is 1. The molecule has 6 heteroatoms. The van der Waals surface area contributed by atoms with Crippen LogP contribution >= 0.6 is 11.6 Å². The number of allylic oxidation sites excluding steroid dienone is 1. The second-order valence-corrected chi connectivity index (χ2v) is 7.01. The summed E-state index contributed by atoms with van der Waals surface area (Å²) in [5.41, 5.74) is 2.03. The van der Waals surface area contributed by atoms with Crippen molar-refractivity contribution >= 4 is 34.4 Å². The summed E-state index contributed by atoms with van der Waals surface area (Å²) in [6.07, 6.45) is 4.58. The SMILES string of the molecule is COc1ccc(-c2c(C(=O)/C=C/c3ccccn3)c(=O)[nH]c3ccc(Cl)cc23)cc1. The van der Waals surface area contributed by atoms with Gasteiger partial charge in [0.1, 0.15) is 5.75 Å². The van der Waals surface area contributed by atoms with Crippen LogP contribution < -0.4 is 10.3 Å². The van der Waals surface area contributed by atoms with Gasteiger partial charge in [0.2, 0.25) is 0 Å². The largest absolute Gasteiger partial charge is 0.497 e. The molecule has 0 bridgehead atoms. The quantitative estimate of drug-likeness (QED) is 0.361. The highest BCUT2D eigenvalue weighted by Gasteiger charge is 2.19. The summed E-state index contributed by atoms with van der Waals surface area (Å²) in [7, 11) is 1.58. The third-order valence-electron chi connectivity index (χ3n) is 4.69. The van der Waals surface area contributed by atoms with Crippen LogP contribution in [0, 0.1) is 0 Å². The zero-order chi connectivity index (χ0) is 21.1. The van der Waals surface area contributed by atoms with E-state index in [-0.39, 0.29) is 5.56 Å². The first kappa shape index (κ1) is 19.6. The minimum absolute atomic E-state index is 0.0436. The van der Waals surface area contributed by atoms with Gasteiger partial charge < -0.3 is 9.72 Å². The fourth-order valence-electron chi connectivity index (χ4n) is 3.28. The molecule has 4 aromatic rings. The van der Waals surface area contributed by atoms with E-state index in [4.69, 9.17) is 16.3 Å². The van der Waals surface area contributed by atoms with Gasteiger partial charge in [0.25, 0.3) is 5.56 Å². The van der Waals surface area contributed by atoms with Gasteiger partial charge in [-0.25, -0.2) is 0 Å². The second kappa shape index (κ2) is 8.35. The highest BCUT2D eigenvalue weighted by Crippen LogP contribution is 2.32. The van der Waals surface area contributed by atoms with Gasteiger partial charge in [0.05, 0.1) is 18.4 Å². The zero-order valence-corrected chi connectivity index (χ0v) is 16.8. The Hall–Kier alpha value is -3.70. The van der Waals surface area contributed by atoms with Gasteiger partial charge in [-0.05, 0) is 60.2 Å². The molecule has 0 saturated heterocycles. The molecule has 0 spiro atoms. The molecule has 0 amide bonds. The van der Waals surface area contributed by atoms with Crippen molar-refractivity contribution in [2.75, 3.05) is 7.11 Å². The number of aromatic amines is 1. The number of halogens is 1. The number of nitrogens with one attached hydrogen (secondary N) is 1. The van der Waals surface area contributed by atoms with Crippen molar-refractivity contribution in [1.82, 2.24) is 9.97 Å². The first-order chi connectivity index (χ1) is 14.6. The average Bonchev–Trinajstić information content (AvgIpc) is 2.77. The molecule has 30 heavy (non-hydrogen) atoms. The molecule has 0 aliphatic carbocycles. The zero-order valence-electron chi connectivity index (χ0n) is 16.1. The third-order valence-corrected chi connectivity index (χ3v) is 4.93. The molecule has 0 aliphatic rings. The summed E-state index contributed by atoms with van der Waals surface area (Å²) in [5.74, 6) is 0.253. The van der Waals surface area contributed by atoms with Crippen LogP contribution in [0.3, 0.4) is 0 Å². The lowest BCUT2D eigenvalue weighted by atomic mass is 9.94. The highest BCUT2D eigenvalue weighted by atomic mass is 35.5. The minimum atomic E-state index is -0.466. The van der Waals surface area contributed by atoms with E-state index >= 15 is 0 Å². The third kappa shape index (κ3) is 3.88. The fourth-order valence-corrected chi connectivity index (χ4v) is 3.45. The van der Waals surface area contributed by atoms with Gasteiger partial charge in [-0.15, -0.1) is 0 Å². The number of carbonyl (C=O) groups excluding carboxylic acids is 1. The van der Waals surface area contributed by atoms with Gasteiger partial charge in [0, 0.05) is 27.7 Å². The van der Waals surface area contributed by atoms with E-state index in [9.17, 15) is 9.59 Å². The first-order valence-corrected chi connectivity index (χ1v) is 9.58. The number of H-pyrrole nitrogens is 1. The Kier molecular flexibility index (Phi) is 5.46. The van der Waals surface area contributed by atoms with Gasteiger partial charge >= 0.3 is 0 Å². The number of methoxy groups -OCH3 is 1. The van der Waals surface area contributed by atoms with Crippen LogP contribution in [0.4, 0.5) is 0 Å². The Balaban J connectivity index is 1.93. The molecule has 0 atom stereocenters. The number of carbonyl (C=O) groups is 1. The van der Waals surface area contributed by atoms with Crippen molar-refractivity contribution in [3.63, 3.8) is 0 Å². The van der Waals surface area contributed by atoms with E-state index in [0.29, 0.717) is 38.5 Å². The number of rotatable bonds is 5. The van der Waals surface area contributed by atoms with E-state index in [2.05, 4.69) is 9.97 Å². The van der Waals surface area contributed by atoms with Crippen molar-refractivity contribution in [3.8, 4) is 16.9 Å². The van der Waals surface area contributed by atoms with Crippen LogP contribution in [-0.2, 0) is 0 Å². The summed E-state index contributed by atoms with van der Waals surface area (Å²) in [5, 5.41) is 1.19. The maximum absolute atomic E-state index is 13.1. The molecule has 0 saturated carbocycles. The molecule has 0 aliphatic heterocycles. The molecule has 2 heterocycles. The van der Waals surface area contributed by atoms with Crippen molar-refractivity contribution in [2.24, 2.45) is 0 Å². The van der Waals surface area contributed by atoms with Gasteiger partial charge in [0.15, 0.2) is 5.78 Å². The Morgan fingerprint density at radius 3 is 2.60 bits per heavy atom. The Morgan fingerprint density at radius 2 is 1.90 bits per heavy atom. The van der Waals surface area contributed by atoms with Crippen molar-refractivity contribution in [2.45, 2.75) is 0 Å². The van der Waals surface area contributed by atoms with Crippen LogP contribution in [0.2, 0.25) is 5.02 Å². The number of hydrogen-bond acceptors (Lipinski definition) is 4. The summed E-state index contributed by atoms with van der Waals surface area (Å²) in [6.45, 7) is 0. The van der Waals surface area contributed by atoms with Crippen molar-refractivity contribution < 1.29 is 9.53 Å². The van der Waals surface area contributed by atoms with E-state index in [1.54, 1.807) is 61.8 Å². The van der Waals surface area contributed by atoms with E-state index in [1.165, 1.54) is 6.08 Å². The topological polar surface area (TPSA) is 72.0 Å². The van der Waals surface area contributed by atoms with Crippen molar-refractivity contribution in [1.29, 1.82) is 0 Å². The van der Waals surface area contributed by atoms with Crippen LogP contribution in [0.1, 0.15) is 16.1 Å². The molecule has 0 radical (unpaired) electrons. The van der Waals surface area contributed by atoms with E-state index in [0.717, 1.165) is 0 Å². The lowest BCUT2D eigenvalue weighted by Gasteiger charge is -2.12. The van der Waals surface area contributed by atoms with Crippen molar-refractivity contribution in [3.05, 3.63) is 99.6 Å². The van der Waals surface area contributed by atoms with Gasteiger partial charge in [-0.1, -0.05) is 29.8 Å². The molecular weight excluding hydrogens is 400 g/mol. The molecule has 2 aromatic heterocycles. The van der Waals surface area contributed by atoms with Gasteiger partial charge in [-0.2, -0.15) is 0 Å². The predicted octanol–water partition coefficient (Wildman–Crippen LogP) is 5.15. The molecule has 1 N–H and O–H groups in total. The number of ether oxygens (including phenoxy) is 1. The van der Waals surface area contributed by atoms with Gasteiger partial charge in [-0.3, -0.25) is 14.6 Å². The van der Waals surface area contributed by atoms with Crippen LogP contribution in [0.15, 0.2) is 77.7 Å². The van der Waals surface area contributed by atoms with E-state index < -0.39 is 11.3 Å². The molecule has 148 valence electrons. The first-order valence-electron chi connectivity index (χ1n) is 9.20. The number of benzene rings is 2. The summed E-state index contributed by atoms with van der Waals surface area (Å²) in [4.78, 5) is 33.0. The lowest BCUT2D eigenvalue weighted by molar-refractivity contribution is 0.104. The van der Waals surface area contributed by atoms with Crippen LogP contribution in [0.5, 0.6) is 5.75 Å². The maximum atomic E-state index is 13.1. The number of pyridine rings is 2. The Morgan fingerprint density at radius 1 is 1.10 bits per heavy atom. The van der Waals surface area contributed by atoms with Crippen LogP contribution in [0.25, 0.3) is 28.1 Å². The summed E-state index contributed by atoms with van der Waals surface area (Å²) in [6, 6.07) is 17.7. The number of fused-ring (bicyclic) bond motifs is 1. The molecule has 5 nitrogen and oxygen atoms in total. The highest BCUT2D eigenvalue weighted by molar-refractivity contribution is 6.31. The molecular formula is C24H17ClN2O3. The second-order valence-electron chi connectivity index (χ2n) is 6.57. The Labute approximate surface area is 177 Å².